The molecule has 0 spiro atoms. The van der Waals surface area contributed by atoms with Crippen molar-refractivity contribution in [3.05, 3.63) is 0 Å². The van der Waals surface area contributed by atoms with Crippen molar-refractivity contribution < 1.29 is 14.3 Å². The summed E-state index contributed by atoms with van der Waals surface area (Å²) in [6, 6.07) is -0.132. The molecule has 2 aliphatic rings. The van der Waals surface area contributed by atoms with Crippen LogP contribution in [-0.2, 0) is 9.53 Å². The summed E-state index contributed by atoms with van der Waals surface area (Å²) < 4.78 is 5.34. The molecule has 0 bridgehead atoms. The van der Waals surface area contributed by atoms with Gasteiger partial charge in [-0.05, 0) is 19.8 Å². The molecule has 90 valence electrons. The van der Waals surface area contributed by atoms with E-state index in [1.54, 1.807) is 4.90 Å². The van der Waals surface area contributed by atoms with Crippen molar-refractivity contribution in [1.82, 2.24) is 10.2 Å². The number of carbonyl (C=O) groups excluding carboxylic acids is 2. The van der Waals surface area contributed by atoms with Gasteiger partial charge < -0.3 is 4.74 Å². The molecule has 1 aliphatic carbocycles. The Bertz CT molecular complexity index is 287. The van der Waals surface area contributed by atoms with Crippen molar-refractivity contribution in [1.29, 1.82) is 0 Å². The number of carbonyl (C=O) groups is 2. The topological polar surface area (TPSA) is 58.6 Å². The predicted octanol–water partition coefficient (Wildman–Crippen LogP) is 1.23. The van der Waals surface area contributed by atoms with Crippen molar-refractivity contribution in [2.75, 3.05) is 6.61 Å². The van der Waals surface area contributed by atoms with Gasteiger partial charge in [0.15, 0.2) is 0 Å². The number of amides is 3. The molecule has 5 nitrogen and oxygen atoms in total. The zero-order valence-corrected chi connectivity index (χ0v) is 9.57. The standard InChI is InChI=1S/C11H18N2O3/c1-2-16-10-9(14)12-11(15)13(10)8-6-4-3-5-7-8/h8,10H,2-7H2,1H3,(H,12,14,15). The van der Waals surface area contributed by atoms with Crippen LogP contribution >= 0.6 is 0 Å². The molecular formula is C11H18N2O3. The second kappa shape index (κ2) is 4.82. The van der Waals surface area contributed by atoms with E-state index in [2.05, 4.69) is 5.32 Å². The average molecular weight is 226 g/mol. The second-order valence-corrected chi connectivity index (χ2v) is 4.30. The quantitative estimate of drug-likeness (QED) is 0.736. The lowest BCUT2D eigenvalue weighted by atomic mass is 9.94. The summed E-state index contributed by atoms with van der Waals surface area (Å²) in [5.41, 5.74) is 0. The fraction of sp³-hybridized carbons (Fsp3) is 0.818. The van der Waals surface area contributed by atoms with Crippen molar-refractivity contribution in [3.63, 3.8) is 0 Å². The zero-order valence-electron chi connectivity index (χ0n) is 9.57. The van der Waals surface area contributed by atoms with Gasteiger partial charge in [-0.15, -0.1) is 0 Å². The lowest BCUT2D eigenvalue weighted by Gasteiger charge is -2.32. The SMILES string of the molecule is CCOC1C(=O)NC(=O)N1C1CCCCC1. The number of rotatable bonds is 3. The van der Waals surface area contributed by atoms with Gasteiger partial charge in [-0.25, -0.2) is 4.79 Å². The molecule has 1 saturated heterocycles. The highest BCUT2D eigenvalue weighted by atomic mass is 16.5. The number of urea groups is 1. The summed E-state index contributed by atoms with van der Waals surface area (Å²) in [5.74, 6) is -0.322. The summed E-state index contributed by atoms with van der Waals surface area (Å²) in [5, 5.41) is 2.32. The molecule has 0 aromatic heterocycles. The van der Waals surface area contributed by atoms with Crippen LogP contribution in [0.3, 0.4) is 0 Å². The molecule has 1 heterocycles. The van der Waals surface area contributed by atoms with Crippen LogP contribution in [0.2, 0.25) is 0 Å². The number of ether oxygens (including phenoxy) is 1. The molecule has 1 aliphatic heterocycles. The summed E-state index contributed by atoms with van der Waals surface area (Å²) in [7, 11) is 0. The molecule has 0 aromatic carbocycles. The number of hydrogen-bond donors (Lipinski definition) is 1. The van der Waals surface area contributed by atoms with Crippen LogP contribution in [0.15, 0.2) is 0 Å². The Kier molecular flexibility index (Phi) is 3.43. The molecule has 1 atom stereocenters. The molecule has 1 saturated carbocycles. The Morgan fingerprint density at radius 1 is 1.31 bits per heavy atom. The first kappa shape index (κ1) is 11.4. The largest absolute Gasteiger partial charge is 0.350 e. The van der Waals surface area contributed by atoms with E-state index in [-0.39, 0.29) is 18.0 Å². The van der Waals surface area contributed by atoms with Gasteiger partial charge >= 0.3 is 6.03 Å². The highest BCUT2D eigenvalue weighted by Gasteiger charge is 2.43. The maximum atomic E-state index is 11.7. The van der Waals surface area contributed by atoms with Crippen LogP contribution in [0.25, 0.3) is 0 Å². The van der Waals surface area contributed by atoms with Gasteiger partial charge in [0.05, 0.1) is 0 Å². The van der Waals surface area contributed by atoms with Gasteiger partial charge in [0.1, 0.15) is 0 Å². The van der Waals surface area contributed by atoms with E-state index in [9.17, 15) is 9.59 Å². The minimum atomic E-state index is -0.708. The van der Waals surface area contributed by atoms with E-state index in [1.807, 2.05) is 6.92 Å². The molecule has 16 heavy (non-hydrogen) atoms. The van der Waals surface area contributed by atoms with Gasteiger partial charge in [0.25, 0.3) is 5.91 Å². The first-order valence-corrected chi connectivity index (χ1v) is 5.98. The third-order valence-corrected chi connectivity index (χ3v) is 3.23. The highest BCUT2D eigenvalue weighted by Crippen LogP contribution is 2.26. The van der Waals surface area contributed by atoms with Crippen molar-refractivity contribution in [2.45, 2.75) is 51.3 Å². The molecule has 3 amide bonds. The van der Waals surface area contributed by atoms with Gasteiger partial charge in [0.2, 0.25) is 6.23 Å². The zero-order chi connectivity index (χ0) is 11.5. The minimum Gasteiger partial charge on any atom is -0.350 e. The third kappa shape index (κ3) is 2.04. The molecule has 0 aromatic rings. The highest BCUT2D eigenvalue weighted by molar-refractivity contribution is 6.03. The van der Waals surface area contributed by atoms with Crippen LogP contribution in [-0.4, -0.2) is 35.7 Å². The second-order valence-electron chi connectivity index (χ2n) is 4.30. The van der Waals surface area contributed by atoms with Crippen molar-refractivity contribution in [3.8, 4) is 0 Å². The van der Waals surface area contributed by atoms with Gasteiger partial charge in [-0.3, -0.25) is 15.0 Å². The average Bonchev–Trinajstić information content (AvgIpc) is 2.56. The molecule has 2 rings (SSSR count). The Labute approximate surface area is 95.1 Å². The Morgan fingerprint density at radius 3 is 2.62 bits per heavy atom. The predicted molar refractivity (Wildman–Crippen MR) is 57.7 cm³/mol. The van der Waals surface area contributed by atoms with E-state index >= 15 is 0 Å². The minimum absolute atomic E-state index is 0.164. The molecule has 2 fully saturated rings. The number of imide groups is 1. The van der Waals surface area contributed by atoms with Gasteiger partial charge in [-0.1, -0.05) is 19.3 Å². The van der Waals surface area contributed by atoms with Gasteiger partial charge in [0, 0.05) is 12.6 Å². The number of nitrogens with zero attached hydrogens (tertiary/aromatic N) is 1. The Balaban J connectivity index is 2.09. The van der Waals surface area contributed by atoms with Crippen LogP contribution < -0.4 is 5.32 Å². The van der Waals surface area contributed by atoms with Crippen LogP contribution in [0.1, 0.15) is 39.0 Å². The van der Waals surface area contributed by atoms with Crippen LogP contribution in [0.4, 0.5) is 4.79 Å². The first-order valence-electron chi connectivity index (χ1n) is 5.98. The summed E-state index contributed by atoms with van der Waals surface area (Å²) >= 11 is 0. The van der Waals surface area contributed by atoms with E-state index in [1.165, 1.54) is 6.42 Å². The Hall–Kier alpha value is -1.10. The fourth-order valence-electron chi connectivity index (χ4n) is 2.49. The van der Waals surface area contributed by atoms with Crippen molar-refractivity contribution in [2.24, 2.45) is 0 Å². The fourth-order valence-corrected chi connectivity index (χ4v) is 2.49. The molecule has 1 N–H and O–H groups in total. The monoisotopic (exact) mass is 226 g/mol. The van der Waals surface area contributed by atoms with Crippen molar-refractivity contribution >= 4 is 11.9 Å². The van der Waals surface area contributed by atoms with E-state index in [0.717, 1.165) is 25.7 Å². The molecular weight excluding hydrogens is 208 g/mol. The first-order chi connectivity index (χ1) is 7.74. The maximum Gasteiger partial charge on any atom is 0.326 e. The number of nitrogens with one attached hydrogen (secondary N) is 1. The van der Waals surface area contributed by atoms with Crippen LogP contribution in [0, 0.1) is 0 Å². The van der Waals surface area contributed by atoms with E-state index < -0.39 is 6.23 Å². The number of hydrogen-bond acceptors (Lipinski definition) is 3. The molecule has 1 unspecified atom stereocenters. The molecule has 0 radical (unpaired) electrons. The summed E-state index contributed by atoms with van der Waals surface area (Å²) in [4.78, 5) is 24.8. The summed E-state index contributed by atoms with van der Waals surface area (Å²) in [6.07, 6.45) is 4.72. The van der Waals surface area contributed by atoms with Gasteiger partial charge in [-0.2, -0.15) is 0 Å². The Morgan fingerprint density at radius 2 is 2.00 bits per heavy atom. The maximum absolute atomic E-state index is 11.7. The van der Waals surface area contributed by atoms with E-state index in [0.29, 0.717) is 6.61 Å². The smallest absolute Gasteiger partial charge is 0.326 e. The molecule has 5 heteroatoms. The lowest BCUT2D eigenvalue weighted by Crippen LogP contribution is -2.45. The normalized spacial score (nSPS) is 27.3. The lowest BCUT2D eigenvalue weighted by molar-refractivity contribution is -0.137. The summed E-state index contributed by atoms with van der Waals surface area (Å²) in [6.45, 7) is 2.27. The van der Waals surface area contributed by atoms with Crippen LogP contribution in [0.5, 0.6) is 0 Å². The van der Waals surface area contributed by atoms with E-state index in [4.69, 9.17) is 4.74 Å². The third-order valence-electron chi connectivity index (χ3n) is 3.23.